The lowest BCUT2D eigenvalue weighted by Crippen LogP contribution is -2.33. The number of nitrogens with zero attached hydrogens (tertiary/aromatic N) is 3. The molecule has 1 aliphatic carbocycles. The topological polar surface area (TPSA) is 73.0 Å². The Morgan fingerprint density at radius 3 is 2.76 bits per heavy atom. The molecule has 2 aromatic heterocycles. The average molecular weight is 344 g/mol. The van der Waals surface area contributed by atoms with Gasteiger partial charge in [0.2, 0.25) is 0 Å². The van der Waals surface area contributed by atoms with Crippen LogP contribution in [0.4, 0.5) is 0 Å². The van der Waals surface area contributed by atoms with Crippen molar-refractivity contribution in [2.24, 2.45) is 0 Å². The first-order chi connectivity index (χ1) is 11.7. The highest BCUT2D eigenvalue weighted by atomic mass is 16.5. The van der Waals surface area contributed by atoms with Crippen LogP contribution in [0.2, 0.25) is 0 Å². The highest BCUT2D eigenvalue weighted by Gasteiger charge is 2.31. The maximum absolute atomic E-state index is 12.9. The standard InChI is InChI=1S/C19H28N4O2/c1-11(2)17-16(12(3)22-25-17)18(24)21-14-8-7-9-15-13(14)10-20-23(15)19(4,5)6/h10-11,14H,7-9H2,1-6H3,(H,21,24)/t14-/m1/s1. The predicted molar refractivity (Wildman–Crippen MR) is 95.7 cm³/mol. The molecule has 0 radical (unpaired) electrons. The molecule has 1 amide bonds. The number of hydrogen-bond donors (Lipinski definition) is 1. The second-order valence-electron chi connectivity index (χ2n) is 8.21. The molecule has 2 heterocycles. The van der Waals surface area contributed by atoms with Crippen LogP contribution in [0.1, 0.15) is 92.5 Å². The number of aryl methyl sites for hydroxylation is 1. The SMILES string of the molecule is Cc1noc(C(C)C)c1C(=O)N[C@@H]1CCCc2c1cnn2C(C)(C)C. The molecule has 0 bridgehead atoms. The van der Waals surface area contributed by atoms with Crippen LogP contribution in [0.3, 0.4) is 0 Å². The van der Waals surface area contributed by atoms with E-state index >= 15 is 0 Å². The van der Waals surface area contributed by atoms with Gasteiger partial charge in [-0.05, 0) is 47.0 Å². The first-order valence-electron chi connectivity index (χ1n) is 9.04. The Hall–Kier alpha value is -2.11. The predicted octanol–water partition coefficient (Wildman–Crippen LogP) is 3.87. The zero-order chi connectivity index (χ0) is 18.4. The smallest absolute Gasteiger partial charge is 0.257 e. The lowest BCUT2D eigenvalue weighted by atomic mass is 9.91. The van der Waals surface area contributed by atoms with Crippen molar-refractivity contribution in [1.82, 2.24) is 20.3 Å². The van der Waals surface area contributed by atoms with Crippen molar-refractivity contribution < 1.29 is 9.32 Å². The van der Waals surface area contributed by atoms with Crippen LogP contribution in [0.5, 0.6) is 0 Å². The van der Waals surface area contributed by atoms with Gasteiger partial charge >= 0.3 is 0 Å². The molecule has 0 saturated carbocycles. The van der Waals surface area contributed by atoms with Gasteiger partial charge in [-0.15, -0.1) is 0 Å². The molecule has 0 fully saturated rings. The van der Waals surface area contributed by atoms with E-state index in [0.29, 0.717) is 17.0 Å². The van der Waals surface area contributed by atoms with Gasteiger partial charge < -0.3 is 9.84 Å². The summed E-state index contributed by atoms with van der Waals surface area (Å²) in [7, 11) is 0. The summed E-state index contributed by atoms with van der Waals surface area (Å²) in [6.45, 7) is 12.3. The molecular formula is C19H28N4O2. The Labute approximate surface area is 149 Å². The van der Waals surface area contributed by atoms with Crippen LogP contribution in [-0.4, -0.2) is 20.8 Å². The van der Waals surface area contributed by atoms with Crippen LogP contribution in [0.15, 0.2) is 10.7 Å². The van der Waals surface area contributed by atoms with E-state index in [-0.39, 0.29) is 23.4 Å². The van der Waals surface area contributed by atoms with E-state index in [2.05, 4.69) is 41.0 Å². The summed E-state index contributed by atoms with van der Waals surface area (Å²) < 4.78 is 7.45. The van der Waals surface area contributed by atoms with Crippen LogP contribution < -0.4 is 5.32 Å². The Bertz CT molecular complexity index is 780. The van der Waals surface area contributed by atoms with Gasteiger partial charge in [-0.3, -0.25) is 9.48 Å². The van der Waals surface area contributed by atoms with E-state index in [1.54, 1.807) is 0 Å². The number of carbonyl (C=O) groups is 1. The van der Waals surface area contributed by atoms with Crippen LogP contribution in [-0.2, 0) is 12.0 Å². The number of rotatable bonds is 3. The number of amides is 1. The van der Waals surface area contributed by atoms with E-state index in [1.165, 1.54) is 5.69 Å². The van der Waals surface area contributed by atoms with Crippen LogP contribution >= 0.6 is 0 Å². The van der Waals surface area contributed by atoms with Gasteiger partial charge in [0, 0.05) is 17.2 Å². The summed E-state index contributed by atoms with van der Waals surface area (Å²) >= 11 is 0. The van der Waals surface area contributed by atoms with Crippen molar-refractivity contribution in [2.45, 2.75) is 78.3 Å². The third-order valence-corrected chi connectivity index (χ3v) is 4.76. The zero-order valence-corrected chi connectivity index (χ0v) is 16.0. The second kappa shape index (κ2) is 6.32. The van der Waals surface area contributed by atoms with Crippen LogP contribution in [0.25, 0.3) is 0 Å². The Balaban J connectivity index is 1.88. The molecule has 1 atom stereocenters. The van der Waals surface area contributed by atoms with Gasteiger partial charge in [0.05, 0.1) is 23.5 Å². The summed E-state index contributed by atoms with van der Waals surface area (Å²) in [5.74, 6) is 0.660. The molecule has 0 aromatic carbocycles. The maximum atomic E-state index is 12.9. The third kappa shape index (κ3) is 3.22. The lowest BCUT2D eigenvalue weighted by Gasteiger charge is -2.28. The Kier molecular flexibility index (Phi) is 4.47. The van der Waals surface area contributed by atoms with Gasteiger partial charge in [-0.1, -0.05) is 19.0 Å². The number of carbonyl (C=O) groups excluding carboxylic acids is 1. The van der Waals surface area contributed by atoms with Crippen molar-refractivity contribution in [3.05, 3.63) is 34.5 Å². The van der Waals surface area contributed by atoms with Crippen LogP contribution in [0, 0.1) is 6.92 Å². The number of hydrogen-bond acceptors (Lipinski definition) is 4. The minimum atomic E-state index is -0.108. The molecule has 0 saturated heterocycles. The second-order valence-corrected chi connectivity index (χ2v) is 8.21. The minimum Gasteiger partial charge on any atom is -0.360 e. The van der Waals surface area contributed by atoms with Crippen molar-refractivity contribution >= 4 is 5.91 Å². The molecule has 0 unspecified atom stereocenters. The first-order valence-corrected chi connectivity index (χ1v) is 9.04. The Morgan fingerprint density at radius 1 is 1.40 bits per heavy atom. The Morgan fingerprint density at radius 2 is 2.12 bits per heavy atom. The monoisotopic (exact) mass is 344 g/mol. The fraction of sp³-hybridized carbons (Fsp3) is 0.632. The third-order valence-electron chi connectivity index (χ3n) is 4.76. The number of nitrogens with one attached hydrogen (secondary N) is 1. The summed E-state index contributed by atoms with van der Waals surface area (Å²) in [6.07, 6.45) is 4.88. The first kappa shape index (κ1) is 17.7. The lowest BCUT2D eigenvalue weighted by molar-refractivity contribution is 0.0929. The fourth-order valence-electron chi connectivity index (χ4n) is 3.57. The van der Waals surface area contributed by atoms with E-state index in [0.717, 1.165) is 24.8 Å². The van der Waals surface area contributed by atoms with Gasteiger partial charge in [0.15, 0.2) is 5.76 Å². The molecule has 2 aromatic rings. The van der Waals surface area contributed by atoms with E-state index < -0.39 is 0 Å². The summed E-state index contributed by atoms with van der Waals surface area (Å²) in [6, 6.07) is -0.0123. The van der Waals surface area contributed by atoms with Crippen molar-refractivity contribution in [2.75, 3.05) is 0 Å². The van der Waals surface area contributed by atoms with Crippen molar-refractivity contribution in [3.63, 3.8) is 0 Å². The van der Waals surface area contributed by atoms with Gasteiger partial charge in [-0.2, -0.15) is 5.10 Å². The summed E-state index contributed by atoms with van der Waals surface area (Å²) in [5, 5.41) is 11.8. The average Bonchev–Trinajstić information content (AvgIpc) is 3.10. The largest absolute Gasteiger partial charge is 0.360 e. The highest BCUT2D eigenvalue weighted by Crippen LogP contribution is 2.33. The highest BCUT2D eigenvalue weighted by molar-refractivity contribution is 5.96. The molecule has 6 heteroatoms. The molecule has 6 nitrogen and oxygen atoms in total. The van der Waals surface area contributed by atoms with E-state index in [9.17, 15) is 4.79 Å². The number of fused-ring (bicyclic) bond motifs is 1. The van der Waals surface area contributed by atoms with E-state index in [4.69, 9.17) is 4.52 Å². The van der Waals surface area contributed by atoms with E-state index in [1.807, 2.05) is 27.0 Å². The number of aromatic nitrogens is 3. The normalized spacial score (nSPS) is 17.6. The molecular weight excluding hydrogens is 316 g/mol. The molecule has 3 rings (SSSR count). The quantitative estimate of drug-likeness (QED) is 0.917. The van der Waals surface area contributed by atoms with Gasteiger partial charge in [0.25, 0.3) is 5.91 Å². The van der Waals surface area contributed by atoms with Crippen molar-refractivity contribution in [3.8, 4) is 0 Å². The molecule has 0 spiro atoms. The summed E-state index contributed by atoms with van der Waals surface area (Å²) in [5.41, 5.74) is 3.52. The summed E-state index contributed by atoms with van der Waals surface area (Å²) in [4.78, 5) is 12.9. The van der Waals surface area contributed by atoms with Gasteiger partial charge in [0.1, 0.15) is 5.56 Å². The maximum Gasteiger partial charge on any atom is 0.257 e. The molecule has 136 valence electrons. The molecule has 1 N–H and O–H groups in total. The molecule has 1 aliphatic rings. The van der Waals surface area contributed by atoms with Crippen molar-refractivity contribution in [1.29, 1.82) is 0 Å². The molecule has 0 aliphatic heterocycles. The fourth-order valence-corrected chi connectivity index (χ4v) is 3.57. The zero-order valence-electron chi connectivity index (χ0n) is 16.0. The van der Waals surface area contributed by atoms with Gasteiger partial charge in [-0.25, -0.2) is 0 Å². The minimum absolute atomic E-state index is 0.0123. The molecule has 25 heavy (non-hydrogen) atoms.